The van der Waals surface area contributed by atoms with Crippen molar-refractivity contribution >= 4 is 38.7 Å². The second-order valence-corrected chi connectivity index (χ2v) is 14.3. The Morgan fingerprint density at radius 2 is 1.98 bits per heavy atom. The van der Waals surface area contributed by atoms with Crippen molar-refractivity contribution in [3.63, 3.8) is 0 Å². The van der Waals surface area contributed by atoms with Gasteiger partial charge in [0.2, 0.25) is 0 Å². The van der Waals surface area contributed by atoms with Gasteiger partial charge in [0.1, 0.15) is 29.7 Å². The summed E-state index contributed by atoms with van der Waals surface area (Å²) in [6, 6.07) is 0.201. The molecule has 5 aliphatic heterocycles. The molecule has 1 aromatic carbocycles. The van der Waals surface area contributed by atoms with Crippen LogP contribution in [0.1, 0.15) is 64.0 Å². The molecule has 1 aromatic heterocycles. The number of amides is 1. The summed E-state index contributed by atoms with van der Waals surface area (Å²) in [5.41, 5.74) is 0.627. The zero-order chi connectivity index (χ0) is 28.5. The Labute approximate surface area is 245 Å². The Morgan fingerprint density at radius 1 is 1.17 bits per heavy atom. The Bertz CT molecular complexity index is 1480. The molecule has 0 N–H and O–H groups in total. The predicted octanol–water partition coefficient (Wildman–Crippen LogP) is 4.86. The normalized spacial score (nSPS) is 33.5. The Morgan fingerprint density at radius 3 is 2.71 bits per heavy atom. The molecule has 12 heteroatoms. The maximum Gasteiger partial charge on any atom is 0.410 e. The van der Waals surface area contributed by atoms with E-state index in [9.17, 15) is 9.18 Å². The largest absolute Gasteiger partial charge is 0.461 e. The summed E-state index contributed by atoms with van der Waals surface area (Å²) in [5.74, 6) is 0.162. The third-order valence-electron chi connectivity index (χ3n) is 10.3. The minimum Gasteiger partial charge on any atom is -0.461 e. The van der Waals surface area contributed by atoms with Crippen LogP contribution in [0.15, 0.2) is 4.47 Å². The van der Waals surface area contributed by atoms with Crippen molar-refractivity contribution in [1.29, 1.82) is 0 Å². The van der Waals surface area contributed by atoms with Crippen LogP contribution in [-0.4, -0.2) is 87.0 Å². The van der Waals surface area contributed by atoms with E-state index in [-0.39, 0.29) is 47.4 Å². The van der Waals surface area contributed by atoms with E-state index in [1.165, 1.54) is 0 Å². The van der Waals surface area contributed by atoms with Crippen LogP contribution in [0.25, 0.3) is 10.9 Å². The fourth-order valence-corrected chi connectivity index (χ4v) is 8.93. The first-order valence-corrected chi connectivity index (χ1v) is 15.4. The Balaban J connectivity index is 1.17. The zero-order valence-electron chi connectivity index (χ0n) is 23.5. The van der Waals surface area contributed by atoms with E-state index in [4.69, 9.17) is 19.2 Å². The summed E-state index contributed by atoms with van der Waals surface area (Å²) in [5, 5.41) is 0.645. The number of ether oxygens (including phenoxy) is 3. The monoisotopic (exact) mass is 633 g/mol. The van der Waals surface area contributed by atoms with E-state index >= 15 is 4.39 Å². The first-order chi connectivity index (χ1) is 19.5. The fourth-order valence-electron chi connectivity index (χ4n) is 8.39. The van der Waals surface area contributed by atoms with Crippen LogP contribution in [0.3, 0.4) is 0 Å². The van der Waals surface area contributed by atoms with Crippen LogP contribution in [-0.2, 0) is 22.7 Å². The third-order valence-corrected chi connectivity index (χ3v) is 11.1. The van der Waals surface area contributed by atoms with Crippen LogP contribution < -0.4 is 9.64 Å². The van der Waals surface area contributed by atoms with E-state index in [0.717, 1.165) is 43.4 Å². The number of anilines is 1. The smallest absolute Gasteiger partial charge is 0.410 e. The molecular weight excluding hydrogens is 600 g/mol. The third kappa shape index (κ3) is 3.53. The van der Waals surface area contributed by atoms with Gasteiger partial charge in [-0.3, -0.25) is 9.80 Å². The average Bonchev–Trinajstić information content (AvgIpc) is 3.57. The number of benzene rings is 1. The van der Waals surface area contributed by atoms with Crippen LogP contribution in [0.4, 0.5) is 19.4 Å². The number of carbonyl (C=O) groups excluding carboxylic acids is 1. The molecule has 0 radical (unpaired) electrons. The highest BCUT2D eigenvalue weighted by Crippen LogP contribution is 2.62. The lowest BCUT2D eigenvalue weighted by Crippen LogP contribution is -2.97. The van der Waals surface area contributed by atoms with Crippen molar-refractivity contribution in [2.24, 2.45) is 0 Å². The molecule has 5 fully saturated rings. The van der Waals surface area contributed by atoms with Crippen molar-refractivity contribution < 1.29 is 27.8 Å². The van der Waals surface area contributed by atoms with E-state index in [1.54, 1.807) is 0 Å². The molecule has 2 aromatic rings. The van der Waals surface area contributed by atoms with Gasteiger partial charge in [0, 0.05) is 25.1 Å². The number of hydrogen-bond donors (Lipinski definition) is 0. The molecule has 41 heavy (non-hydrogen) atoms. The van der Waals surface area contributed by atoms with Crippen molar-refractivity contribution in [3.05, 3.63) is 21.4 Å². The number of piperazine rings is 1. The minimum absolute atomic E-state index is 0.0513. The topological polar surface area (TPSA) is 80.3 Å². The average molecular weight is 635 g/mol. The van der Waals surface area contributed by atoms with Crippen LogP contribution in [0.5, 0.6) is 6.01 Å². The van der Waals surface area contributed by atoms with Gasteiger partial charge >= 0.3 is 12.1 Å². The Hall–Kier alpha value is -2.31. The molecule has 1 amide bonds. The van der Waals surface area contributed by atoms with Crippen molar-refractivity contribution in [3.8, 4) is 6.01 Å². The van der Waals surface area contributed by atoms with Gasteiger partial charge in [-0.2, -0.15) is 9.97 Å². The number of piperidine rings is 1. The molecule has 220 valence electrons. The van der Waals surface area contributed by atoms with Crippen molar-refractivity contribution in [1.82, 2.24) is 19.8 Å². The molecule has 0 bridgehead atoms. The number of aromatic nitrogens is 2. The number of likely N-dealkylation sites (tertiary alicyclic amines) is 1. The number of carbonyl (C=O) groups is 1. The van der Waals surface area contributed by atoms with Gasteiger partial charge in [-0.25, -0.2) is 13.6 Å². The SMILES string of the molecule is CC(C)(C)OC(=O)N1CC2N(c3nc(OC[C@@]45CCCN4CC(F)C5)nc4c(F)c(Br)c5c(c34)COC5)C3CCC321. The number of hydrogen-bond acceptors (Lipinski definition) is 8. The van der Waals surface area contributed by atoms with E-state index < -0.39 is 17.6 Å². The molecule has 8 rings (SSSR count). The molecule has 9 nitrogen and oxygen atoms in total. The van der Waals surface area contributed by atoms with Gasteiger partial charge in [-0.1, -0.05) is 0 Å². The maximum absolute atomic E-state index is 15.9. The zero-order valence-corrected chi connectivity index (χ0v) is 25.1. The molecule has 1 aliphatic carbocycles. The summed E-state index contributed by atoms with van der Waals surface area (Å²) in [7, 11) is 0. The number of halogens is 3. The summed E-state index contributed by atoms with van der Waals surface area (Å²) >= 11 is 3.44. The minimum atomic E-state index is -0.873. The van der Waals surface area contributed by atoms with Gasteiger partial charge in [0.25, 0.3) is 0 Å². The summed E-state index contributed by atoms with van der Waals surface area (Å²) in [6.07, 6.45) is 2.92. The van der Waals surface area contributed by atoms with Gasteiger partial charge in [-0.05, 0) is 74.5 Å². The molecular formula is C29H34BrF2N5O4. The van der Waals surface area contributed by atoms with Crippen LogP contribution in [0, 0.1) is 5.82 Å². The summed E-state index contributed by atoms with van der Waals surface area (Å²) in [6.45, 7) is 8.33. The molecule has 5 atom stereocenters. The first-order valence-electron chi connectivity index (χ1n) is 14.6. The fraction of sp³-hybridized carbons (Fsp3) is 0.690. The first kappa shape index (κ1) is 26.3. The molecule has 6 aliphatic rings. The maximum atomic E-state index is 15.9. The number of rotatable bonds is 4. The number of nitrogens with zero attached hydrogens (tertiary/aromatic N) is 5. The summed E-state index contributed by atoms with van der Waals surface area (Å²) in [4.78, 5) is 28.8. The lowest BCUT2D eigenvalue weighted by Gasteiger charge is -2.80. The lowest BCUT2D eigenvalue weighted by atomic mass is 9.52. The molecule has 1 spiro atoms. The number of alkyl halides is 1. The van der Waals surface area contributed by atoms with Crippen LogP contribution in [0.2, 0.25) is 0 Å². The second kappa shape index (κ2) is 8.63. The van der Waals surface area contributed by atoms with Gasteiger partial charge in [0.05, 0.1) is 46.2 Å². The van der Waals surface area contributed by atoms with E-state index in [2.05, 4.69) is 30.7 Å². The lowest BCUT2D eigenvalue weighted by molar-refractivity contribution is -0.166. The number of fused-ring (bicyclic) bond motifs is 4. The second-order valence-electron chi connectivity index (χ2n) is 13.6. The van der Waals surface area contributed by atoms with Gasteiger partial charge in [0.15, 0.2) is 5.82 Å². The van der Waals surface area contributed by atoms with Crippen molar-refractivity contribution in [2.75, 3.05) is 31.1 Å². The standard InChI is InChI=1S/C29H34BrF2N5O4/c1-27(2,3)41-26(38)36-11-19-29(36)7-5-18(29)37(19)24-20-16-12-39-13-17(16)21(30)22(32)23(20)33-25(34-24)40-14-28-6-4-8-35(28)10-15(31)9-28/h15,18-19H,4-14H2,1-3H3/t15?,18?,19?,28-,29?/m0/s1. The van der Waals surface area contributed by atoms with Gasteiger partial charge in [-0.15, -0.1) is 0 Å². The van der Waals surface area contributed by atoms with Gasteiger partial charge < -0.3 is 19.1 Å². The Kier molecular flexibility index (Phi) is 5.54. The van der Waals surface area contributed by atoms with Crippen molar-refractivity contribution in [2.45, 2.75) is 101 Å². The molecule has 1 saturated carbocycles. The molecule has 6 heterocycles. The highest BCUT2D eigenvalue weighted by atomic mass is 79.9. The summed E-state index contributed by atoms with van der Waals surface area (Å²) < 4.78 is 48.3. The molecule has 4 saturated heterocycles. The van der Waals surface area contributed by atoms with E-state index in [0.29, 0.717) is 48.4 Å². The molecule has 4 unspecified atom stereocenters. The van der Waals surface area contributed by atoms with Crippen LogP contribution >= 0.6 is 15.9 Å². The van der Waals surface area contributed by atoms with E-state index in [1.807, 2.05) is 25.7 Å². The predicted molar refractivity (Wildman–Crippen MR) is 149 cm³/mol. The highest BCUT2D eigenvalue weighted by molar-refractivity contribution is 9.10. The highest BCUT2D eigenvalue weighted by Gasteiger charge is 2.77. The quantitative estimate of drug-likeness (QED) is 0.472.